The quantitative estimate of drug-likeness (QED) is 0.172. The van der Waals surface area contributed by atoms with Gasteiger partial charge in [0, 0.05) is 31.6 Å². The van der Waals surface area contributed by atoms with Gasteiger partial charge in [0.1, 0.15) is 6.04 Å². The minimum Gasteiger partial charge on any atom is -0.481 e. The zero-order chi connectivity index (χ0) is 32.2. The normalized spacial score (nSPS) is 14.6. The highest BCUT2D eigenvalue weighted by molar-refractivity contribution is 7.93. The van der Waals surface area contributed by atoms with Gasteiger partial charge in [0.05, 0.1) is 16.1 Å². The van der Waals surface area contributed by atoms with Gasteiger partial charge >= 0.3 is 12.1 Å². The summed E-state index contributed by atoms with van der Waals surface area (Å²) in [4.78, 5) is 24.3. The number of benzene rings is 4. The third kappa shape index (κ3) is 7.12. The molecule has 8 nitrogen and oxygen atoms in total. The molecule has 0 unspecified atom stereocenters. The number of carbonyl (C=O) groups excluding carboxylic acids is 1. The molecule has 0 radical (unpaired) electrons. The predicted octanol–water partition coefficient (Wildman–Crippen LogP) is 6.09. The van der Waals surface area contributed by atoms with Crippen molar-refractivity contribution in [2.24, 2.45) is 0 Å². The molecule has 0 fully saturated rings. The van der Waals surface area contributed by atoms with E-state index in [9.17, 15) is 31.2 Å². The van der Waals surface area contributed by atoms with Crippen LogP contribution in [0.1, 0.15) is 29.5 Å². The third-order valence-corrected chi connectivity index (χ3v) is 9.35. The van der Waals surface area contributed by atoms with Crippen molar-refractivity contribution in [3.05, 3.63) is 114 Å². The lowest BCUT2D eigenvalue weighted by Gasteiger charge is -2.26. The van der Waals surface area contributed by atoms with Gasteiger partial charge in [0.2, 0.25) is 5.91 Å². The van der Waals surface area contributed by atoms with Crippen molar-refractivity contribution in [3.63, 3.8) is 0 Å². The molecule has 234 valence electrons. The number of fused-ring (bicyclic) bond motifs is 1. The molecule has 1 amide bonds. The summed E-state index contributed by atoms with van der Waals surface area (Å²) in [5, 5.41) is 14.9. The number of nitrogens with zero attached hydrogens (tertiary/aromatic N) is 1. The molecule has 1 heterocycles. The Balaban J connectivity index is 1.36. The summed E-state index contributed by atoms with van der Waals surface area (Å²) in [6, 6.07) is 23.3. The van der Waals surface area contributed by atoms with Crippen LogP contribution in [-0.4, -0.2) is 38.0 Å². The Morgan fingerprint density at radius 3 is 2.33 bits per heavy atom. The van der Waals surface area contributed by atoms with E-state index in [1.54, 1.807) is 30.3 Å². The maximum Gasteiger partial charge on any atom is 0.416 e. The van der Waals surface area contributed by atoms with Gasteiger partial charge in [-0.15, -0.1) is 0 Å². The van der Waals surface area contributed by atoms with Gasteiger partial charge in [-0.1, -0.05) is 60.7 Å². The number of hydrogen-bond donors (Lipinski definition) is 3. The number of carboxylic acids is 1. The Labute approximate surface area is 258 Å². The highest BCUT2D eigenvalue weighted by atomic mass is 32.2. The third-order valence-electron chi connectivity index (χ3n) is 7.52. The van der Waals surface area contributed by atoms with Gasteiger partial charge in [-0.2, -0.15) is 13.2 Å². The predicted molar refractivity (Wildman–Crippen MR) is 164 cm³/mol. The monoisotopic (exact) mass is 637 g/mol. The Morgan fingerprint density at radius 1 is 0.889 bits per heavy atom. The molecule has 3 N–H and O–H groups in total. The van der Waals surface area contributed by atoms with E-state index in [1.165, 1.54) is 36.4 Å². The highest BCUT2D eigenvalue weighted by Crippen LogP contribution is 2.38. The summed E-state index contributed by atoms with van der Waals surface area (Å²) >= 11 is 0. The van der Waals surface area contributed by atoms with Crippen molar-refractivity contribution in [2.75, 3.05) is 16.2 Å². The van der Waals surface area contributed by atoms with Crippen molar-refractivity contribution in [3.8, 4) is 11.1 Å². The summed E-state index contributed by atoms with van der Waals surface area (Å²) in [5.74, 6) is -1.39. The Bertz CT molecular complexity index is 1810. The number of para-hydroxylation sites is 2. The number of hydrogen-bond acceptors (Lipinski definition) is 5. The summed E-state index contributed by atoms with van der Waals surface area (Å²) in [5.41, 5.74) is 2.42. The molecule has 1 aliphatic rings. The zero-order valence-electron chi connectivity index (χ0n) is 23.9. The topological polar surface area (TPSA) is 116 Å². The number of amides is 1. The second-order valence-electron chi connectivity index (χ2n) is 10.6. The number of carbonyl (C=O) groups is 2. The van der Waals surface area contributed by atoms with Crippen molar-refractivity contribution in [2.45, 2.75) is 42.9 Å². The van der Waals surface area contributed by atoms with E-state index in [1.807, 2.05) is 18.2 Å². The van der Waals surface area contributed by atoms with Crippen LogP contribution in [0.5, 0.6) is 0 Å². The number of carboxylic acid groups (broad SMARTS) is 1. The molecule has 5 rings (SSSR count). The smallest absolute Gasteiger partial charge is 0.416 e. The van der Waals surface area contributed by atoms with Gasteiger partial charge in [-0.3, -0.25) is 13.9 Å². The van der Waals surface area contributed by atoms with Crippen LogP contribution in [0.4, 0.5) is 24.5 Å². The second kappa shape index (κ2) is 13.0. The first-order valence-corrected chi connectivity index (χ1v) is 15.6. The lowest BCUT2D eigenvalue weighted by atomic mass is 10.0. The van der Waals surface area contributed by atoms with Crippen LogP contribution in [0, 0.1) is 0 Å². The maximum absolute atomic E-state index is 14.0. The van der Waals surface area contributed by atoms with E-state index in [4.69, 9.17) is 5.11 Å². The molecule has 0 aliphatic carbocycles. The fraction of sp³-hybridized carbons (Fsp3) is 0.212. The molecule has 4 aromatic rings. The lowest BCUT2D eigenvalue weighted by molar-refractivity contribution is -0.138. The van der Waals surface area contributed by atoms with Gasteiger partial charge in [-0.05, 0) is 65.1 Å². The van der Waals surface area contributed by atoms with Crippen LogP contribution in [0.15, 0.2) is 102 Å². The van der Waals surface area contributed by atoms with Crippen molar-refractivity contribution in [1.82, 2.24) is 5.32 Å². The molecular formula is C33H30F3N3O5S. The number of sulfonamides is 1. The number of nitrogens with one attached hydrogen (secondary N) is 2. The number of aliphatic carboxylic acids is 1. The average molecular weight is 638 g/mol. The number of alkyl halides is 3. The van der Waals surface area contributed by atoms with E-state index in [2.05, 4.69) is 10.6 Å². The van der Waals surface area contributed by atoms with E-state index >= 15 is 0 Å². The largest absolute Gasteiger partial charge is 0.481 e. The van der Waals surface area contributed by atoms with Crippen molar-refractivity contribution < 1.29 is 36.3 Å². The Kier molecular flexibility index (Phi) is 9.14. The van der Waals surface area contributed by atoms with Crippen LogP contribution in [0.2, 0.25) is 0 Å². The summed E-state index contributed by atoms with van der Waals surface area (Å²) < 4.78 is 68.8. The standard InChI is InChI=1S/C33H30F3N3O5S/c34-33(35,36)26-10-5-9-23(19-26)22-14-16-27(17-15-22)45(43,44)39-29-12-4-2-7-24(29)20-30(39)32(42)38-21-25-8-1-3-11-28(25)37-18-6-13-31(40)41/h1-5,7-12,14-17,19,30,37H,6,13,18,20-21H2,(H,38,42)(H,40,41)/t30-/m0/s1. The van der Waals surface area contributed by atoms with Gasteiger partial charge in [0.25, 0.3) is 10.0 Å². The number of anilines is 2. The van der Waals surface area contributed by atoms with Gasteiger partial charge in [-0.25, -0.2) is 8.42 Å². The second-order valence-corrected chi connectivity index (χ2v) is 12.4. The SMILES string of the molecule is O=C(O)CCCNc1ccccc1CNC(=O)[C@@H]1Cc2ccccc2N1S(=O)(=O)c1ccc(-c2cccc(C(F)(F)F)c2)cc1. The Hall–Kier alpha value is -4.84. The van der Waals surface area contributed by atoms with Crippen LogP contribution in [0.25, 0.3) is 11.1 Å². The van der Waals surface area contributed by atoms with E-state index in [-0.39, 0.29) is 29.8 Å². The van der Waals surface area contributed by atoms with Gasteiger partial charge in [0.15, 0.2) is 0 Å². The maximum atomic E-state index is 14.0. The first kappa shape index (κ1) is 31.6. The lowest BCUT2D eigenvalue weighted by Crippen LogP contribution is -2.47. The van der Waals surface area contributed by atoms with E-state index in [0.29, 0.717) is 29.8 Å². The van der Waals surface area contributed by atoms with Crippen molar-refractivity contribution in [1.29, 1.82) is 0 Å². The zero-order valence-corrected chi connectivity index (χ0v) is 24.7. The van der Waals surface area contributed by atoms with Crippen LogP contribution >= 0.6 is 0 Å². The fourth-order valence-electron chi connectivity index (χ4n) is 5.27. The summed E-state index contributed by atoms with van der Waals surface area (Å²) in [7, 11) is -4.26. The molecule has 0 saturated carbocycles. The molecule has 0 spiro atoms. The molecule has 1 aliphatic heterocycles. The first-order chi connectivity index (χ1) is 21.4. The minimum atomic E-state index is -4.52. The molecule has 12 heteroatoms. The van der Waals surface area contributed by atoms with Crippen LogP contribution in [-0.2, 0) is 38.8 Å². The molecular weight excluding hydrogens is 607 g/mol. The van der Waals surface area contributed by atoms with E-state index < -0.39 is 39.7 Å². The van der Waals surface area contributed by atoms with Crippen LogP contribution < -0.4 is 14.9 Å². The fourth-order valence-corrected chi connectivity index (χ4v) is 6.92. The molecule has 0 saturated heterocycles. The molecule has 45 heavy (non-hydrogen) atoms. The Morgan fingerprint density at radius 2 is 1.60 bits per heavy atom. The average Bonchev–Trinajstić information content (AvgIpc) is 3.43. The van der Waals surface area contributed by atoms with Crippen LogP contribution in [0.3, 0.4) is 0 Å². The minimum absolute atomic E-state index is 0.0203. The molecule has 4 aromatic carbocycles. The highest BCUT2D eigenvalue weighted by Gasteiger charge is 2.42. The van der Waals surface area contributed by atoms with E-state index in [0.717, 1.165) is 27.7 Å². The molecule has 0 aromatic heterocycles. The first-order valence-electron chi connectivity index (χ1n) is 14.2. The number of rotatable bonds is 11. The summed E-state index contributed by atoms with van der Waals surface area (Å²) in [6.07, 6.45) is -3.92. The molecule has 0 bridgehead atoms. The van der Waals surface area contributed by atoms with Crippen molar-refractivity contribution >= 4 is 33.3 Å². The summed E-state index contributed by atoms with van der Waals surface area (Å²) in [6.45, 7) is 0.529. The number of halogens is 3. The van der Waals surface area contributed by atoms with Gasteiger partial charge < -0.3 is 15.7 Å². The molecule has 1 atom stereocenters.